The molecule has 0 aromatic heterocycles. The molecule has 0 unspecified atom stereocenters. The lowest BCUT2D eigenvalue weighted by atomic mass is 10.1. The smallest absolute Gasteiger partial charge is 0.350 e. The van der Waals surface area contributed by atoms with Crippen LogP contribution in [0, 0.1) is 0 Å². The second kappa shape index (κ2) is 9.14. The maximum absolute atomic E-state index is 12.5. The van der Waals surface area contributed by atoms with Crippen LogP contribution in [0.1, 0.15) is 26.3 Å². The third-order valence-corrected chi connectivity index (χ3v) is 4.64. The van der Waals surface area contributed by atoms with Crippen LogP contribution in [-0.4, -0.2) is 31.2 Å². The molecule has 2 amide bonds. The Bertz CT molecular complexity index is 826. The number of hydrogen-bond donors (Lipinski definition) is 2. The molecule has 0 saturated carbocycles. The molecule has 0 spiro atoms. The van der Waals surface area contributed by atoms with Gasteiger partial charge in [0.25, 0.3) is 11.8 Å². The van der Waals surface area contributed by atoms with E-state index >= 15 is 0 Å². The minimum atomic E-state index is -4.45. The van der Waals surface area contributed by atoms with E-state index in [1.54, 1.807) is 18.2 Å². The summed E-state index contributed by atoms with van der Waals surface area (Å²) in [6, 6.07) is 9.00. The van der Waals surface area contributed by atoms with E-state index in [0.717, 1.165) is 29.2 Å². The predicted molar refractivity (Wildman–Crippen MR) is 99.3 cm³/mol. The largest absolute Gasteiger partial charge is 0.416 e. The number of amides is 2. The Morgan fingerprint density at radius 3 is 2.15 bits per heavy atom. The van der Waals surface area contributed by atoms with Crippen molar-refractivity contribution in [2.24, 2.45) is 0 Å². The lowest BCUT2D eigenvalue weighted by Gasteiger charge is -2.10. The average Bonchev–Trinajstić information content (AvgIpc) is 2.64. The highest BCUT2D eigenvalue weighted by molar-refractivity contribution is 7.98. The van der Waals surface area contributed by atoms with Crippen LogP contribution in [0.5, 0.6) is 0 Å². The molecule has 0 aliphatic heterocycles. The average molecular weight is 417 g/mol. The second-order valence-corrected chi connectivity index (χ2v) is 6.72. The standard InChI is InChI=1S/C18H16ClF3N2O2S/c1-27-13-6-7-15(19)14(10-13)17(26)24-9-8-23-16(25)11-2-4-12(5-3-11)18(20,21)22/h2-7,10H,8-9H2,1H3,(H,23,25)(H,24,26). The van der Waals surface area contributed by atoms with Gasteiger partial charge in [0.1, 0.15) is 0 Å². The van der Waals surface area contributed by atoms with Crippen molar-refractivity contribution in [3.63, 3.8) is 0 Å². The summed E-state index contributed by atoms with van der Waals surface area (Å²) in [4.78, 5) is 25.0. The van der Waals surface area contributed by atoms with E-state index in [2.05, 4.69) is 10.6 Å². The molecule has 144 valence electrons. The fourth-order valence-electron chi connectivity index (χ4n) is 2.17. The van der Waals surface area contributed by atoms with E-state index in [-0.39, 0.29) is 24.6 Å². The van der Waals surface area contributed by atoms with Crippen molar-refractivity contribution in [1.29, 1.82) is 0 Å². The first-order valence-corrected chi connectivity index (χ1v) is 9.40. The predicted octanol–water partition coefficient (Wildman–Crippen LogP) is 4.24. The zero-order valence-corrected chi connectivity index (χ0v) is 15.8. The van der Waals surface area contributed by atoms with Crippen LogP contribution in [-0.2, 0) is 6.18 Å². The number of thioether (sulfide) groups is 1. The summed E-state index contributed by atoms with van der Waals surface area (Å²) in [7, 11) is 0. The monoisotopic (exact) mass is 416 g/mol. The number of nitrogens with one attached hydrogen (secondary N) is 2. The number of hydrogen-bond acceptors (Lipinski definition) is 3. The van der Waals surface area contributed by atoms with Crippen molar-refractivity contribution in [3.05, 3.63) is 64.2 Å². The van der Waals surface area contributed by atoms with Gasteiger partial charge in [-0.05, 0) is 48.7 Å². The molecule has 27 heavy (non-hydrogen) atoms. The third-order valence-electron chi connectivity index (χ3n) is 3.59. The van der Waals surface area contributed by atoms with Gasteiger partial charge in [-0.15, -0.1) is 11.8 Å². The van der Waals surface area contributed by atoms with Crippen LogP contribution in [0.25, 0.3) is 0 Å². The summed E-state index contributed by atoms with van der Waals surface area (Å²) in [6.45, 7) is 0.260. The zero-order valence-electron chi connectivity index (χ0n) is 14.2. The highest BCUT2D eigenvalue weighted by atomic mass is 35.5. The molecular weight excluding hydrogens is 401 g/mol. The molecule has 0 fully saturated rings. The summed E-state index contributed by atoms with van der Waals surface area (Å²) < 4.78 is 37.5. The first-order chi connectivity index (χ1) is 12.7. The van der Waals surface area contributed by atoms with Crippen molar-refractivity contribution >= 4 is 35.2 Å². The molecule has 4 nitrogen and oxygen atoms in total. The summed E-state index contributed by atoms with van der Waals surface area (Å²) in [5.74, 6) is -0.903. The molecule has 0 bridgehead atoms. The normalized spacial score (nSPS) is 11.1. The van der Waals surface area contributed by atoms with Crippen molar-refractivity contribution in [2.75, 3.05) is 19.3 Å². The van der Waals surface area contributed by atoms with E-state index in [1.807, 2.05) is 6.26 Å². The van der Waals surface area contributed by atoms with Crippen LogP contribution in [0.3, 0.4) is 0 Å². The molecule has 0 atom stereocenters. The fourth-order valence-corrected chi connectivity index (χ4v) is 2.81. The molecule has 9 heteroatoms. The van der Waals surface area contributed by atoms with Crippen molar-refractivity contribution in [1.82, 2.24) is 10.6 Å². The Balaban J connectivity index is 1.84. The molecule has 2 aromatic carbocycles. The number of carbonyl (C=O) groups excluding carboxylic acids is 2. The first kappa shape index (κ1) is 21.1. The second-order valence-electron chi connectivity index (χ2n) is 5.43. The minimum Gasteiger partial charge on any atom is -0.350 e. The number of halogens is 4. The lowest BCUT2D eigenvalue weighted by Crippen LogP contribution is -2.34. The Morgan fingerprint density at radius 2 is 1.59 bits per heavy atom. The SMILES string of the molecule is CSc1ccc(Cl)c(C(=O)NCCNC(=O)c2ccc(C(F)(F)F)cc2)c1. The Labute approximate surface area is 163 Å². The van der Waals surface area contributed by atoms with E-state index in [1.165, 1.54) is 11.8 Å². The summed E-state index contributed by atoms with van der Waals surface area (Å²) in [6.07, 6.45) is -2.57. The van der Waals surface area contributed by atoms with Gasteiger partial charge in [-0.2, -0.15) is 13.2 Å². The lowest BCUT2D eigenvalue weighted by molar-refractivity contribution is -0.137. The zero-order chi connectivity index (χ0) is 20.0. The maximum Gasteiger partial charge on any atom is 0.416 e. The molecule has 2 aromatic rings. The summed E-state index contributed by atoms with van der Waals surface area (Å²) in [5, 5.41) is 5.48. The van der Waals surface area contributed by atoms with Gasteiger partial charge in [-0.3, -0.25) is 9.59 Å². The van der Waals surface area contributed by atoms with Gasteiger partial charge < -0.3 is 10.6 Å². The fraction of sp³-hybridized carbons (Fsp3) is 0.222. The van der Waals surface area contributed by atoms with Crippen LogP contribution in [0.4, 0.5) is 13.2 Å². The Morgan fingerprint density at radius 1 is 1.00 bits per heavy atom. The molecule has 0 aliphatic carbocycles. The van der Waals surface area contributed by atoms with Gasteiger partial charge >= 0.3 is 6.18 Å². The van der Waals surface area contributed by atoms with Gasteiger partial charge in [-0.25, -0.2) is 0 Å². The van der Waals surface area contributed by atoms with Gasteiger partial charge in [-0.1, -0.05) is 11.6 Å². The minimum absolute atomic E-state index is 0.102. The number of rotatable bonds is 6. The van der Waals surface area contributed by atoms with Gasteiger partial charge in [0.15, 0.2) is 0 Å². The van der Waals surface area contributed by atoms with E-state index in [4.69, 9.17) is 11.6 Å². The van der Waals surface area contributed by atoms with E-state index in [9.17, 15) is 22.8 Å². The molecule has 0 radical (unpaired) electrons. The van der Waals surface area contributed by atoms with Crippen molar-refractivity contribution < 1.29 is 22.8 Å². The highest BCUT2D eigenvalue weighted by Gasteiger charge is 2.30. The topological polar surface area (TPSA) is 58.2 Å². The number of alkyl halides is 3. The third kappa shape index (κ3) is 5.90. The van der Waals surface area contributed by atoms with Gasteiger partial charge in [0.2, 0.25) is 0 Å². The molecule has 2 rings (SSSR count). The summed E-state index contributed by atoms with van der Waals surface area (Å²) in [5.41, 5.74) is -0.390. The summed E-state index contributed by atoms with van der Waals surface area (Å²) >= 11 is 7.49. The Kier molecular flexibility index (Phi) is 7.15. The first-order valence-electron chi connectivity index (χ1n) is 7.79. The van der Waals surface area contributed by atoms with Crippen molar-refractivity contribution in [3.8, 4) is 0 Å². The van der Waals surface area contributed by atoms with Crippen LogP contribution in [0.2, 0.25) is 5.02 Å². The van der Waals surface area contributed by atoms with E-state index < -0.39 is 17.6 Å². The van der Waals surface area contributed by atoms with Crippen molar-refractivity contribution in [2.45, 2.75) is 11.1 Å². The molecule has 0 aliphatic rings. The van der Waals surface area contributed by atoms with Crippen LogP contribution < -0.4 is 10.6 Å². The number of benzene rings is 2. The number of carbonyl (C=O) groups is 2. The molecular formula is C18H16ClF3N2O2S. The van der Waals surface area contributed by atoms with Crippen LogP contribution >= 0.6 is 23.4 Å². The molecule has 2 N–H and O–H groups in total. The highest BCUT2D eigenvalue weighted by Crippen LogP contribution is 2.29. The Hall–Kier alpha value is -2.19. The van der Waals surface area contributed by atoms with E-state index in [0.29, 0.717) is 10.6 Å². The van der Waals surface area contributed by atoms with Gasteiger partial charge in [0.05, 0.1) is 16.1 Å². The van der Waals surface area contributed by atoms with Crippen LogP contribution in [0.15, 0.2) is 47.4 Å². The quantitative estimate of drug-likeness (QED) is 0.547. The van der Waals surface area contributed by atoms with Gasteiger partial charge in [0, 0.05) is 23.5 Å². The molecule has 0 saturated heterocycles. The maximum atomic E-state index is 12.5. The molecule has 0 heterocycles.